The van der Waals surface area contributed by atoms with Crippen LogP contribution in [0.15, 0.2) is 61.1 Å². The van der Waals surface area contributed by atoms with Crippen molar-refractivity contribution in [3.63, 3.8) is 0 Å². The summed E-state index contributed by atoms with van der Waals surface area (Å²) in [7, 11) is 0. The van der Waals surface area contributed by atoms with Crippen LogP contribution in [-0.4, -0.2) is 9.97 Å². The predicted molar refractivity (Wildman–Crippen MR) is 66.1 cm³/mol. The van der Waals surface area contributed by atoms with E-state index >= 15 is 0 Å². The standard InChI is InChI=1S/C14H10N2O/c1-2-11-3-4-13(10-14(11)16-7-1)17-12-5-8-15-9-6-12/h1-10H. The highest BCUT2D eigenvalue weighted by molar-refractivity contribution is 5.79. The number of hydrogen-bond acceptors (Lipinski definition) is 3. The van der Waals surface area contributed by atoms with Gasteiger partial charge in [-0.25, -0.2) is 0 Å². The molecule has 2 heterocycles. The maximum Gasteiger partial charge on any atom is 0.130 e. The Morgan fingerprint density at radius 3 is 2.59 bits per heavy atom. The first-order valence-electron chi connectivity index (χ1n) is 5.34. The summed E-state index contributed by atoms with van der Waals surface area (Å²) in [5.41, 5.74) is 0.930. The summed E-state index contributed by atoms with van der Waals surface area (Å²) in [5, 5.41) is 1.11. The number of benzene rings is 1. The Balaban J connectivity index is 1.96. The number of nitrogens with zero attached hydrogens (tertiary/aromatic N) is 2. The third-order valence-electron chi connectivity index (χ3n) is 2.46. The molecular weight excluding hydrogens is 212 g/mol. The van der Waals surface area contributed by atoms with E-state index in [9.17, 15) is 0 Å². The second-order valence-electron chi connectivity index (χ2n) is 3.64. The van der Waals surface area contributed by atoms with Crippen molar-refractivity contribution in [1.29, 1.82) is 0 Å². The van der Waals surface area contributed by atoms with Gasteiger partial charge in [-0.2, -0.15) is 0 Å². The first-order valence-corrected chi connectivity index (χ1v) is 5.34. The highest BCUT2D eigenvalue weighted by Gasteiger charge is 1.99. The van der Waals surface area contributed by atoms with Gasteiger partial charge in [-0.1, -0.05) is 6.07 Å². The number of aromatic nitrogens is 2. The SMILES string of the molecule is c1cnc2cc(Oc3ccncc3)ccc2c1. The van der Waals surface area contributed by atoms with E-state index in [2.05, 4.69) is 9.97 Å². The van der Waals surface area contributed by atoms with Crippen LogP contribution in [0.3, 0.4) is 0 Å². The molecule has 17 heavy (non-hydrogen) atoms. The van der Waals surface area contributed by atoms with Crippen molar-refractivity contribution in [3.05, 3.63) is 61.1 Å². The molecule has 0 N–H and O–H groups in total. The molecule has 0 atom stereocenters. The van der Waals surface area contributed by atoms with Crippen LogP contribution in [0.2, 0.25) is 0 Å². The molecule has 0 aliphatic heterocycles. The molecule has 0 unspecified atom stereocenters. The molecule has 2 aromatic heterocycles. The summed E-state index contributed by atoms with van der Waals surface area (Å²) in [5.74, 6) is 1.55. The second kappa shape index (κ2) is 4.22. The van der Waals surface area contributed by atoms with Crippen molar-refractivity contribution in [1.82, 2.24) is 9.97 Å². The summed E-state index contributed by atoms with van der Waals surface area (Å²) in [6.07, 6.45) is 5.18. The van der Waals surface area contributed by atoms with Crippen LogP contribution in [0.1, 0.15) is 0 Å². The summed E-state index contributed by atoms with van der Waals surface area (Å²) in [6, 6.07) is 13.5. The molecular formula is C14H10N2O. The molecule has 3 aromatic rings. The van der Waals surface area contributed by atoms with Gasteiger partial charge in [-0.05, 0) is 30.3 Å². The van der Waals surface area contributed by atoms with Crippen molar-refractivity contribution in [3.8, 4) is 11.5 Å². The zero-order valence-electron chi connectivity index (χ0n) is 9.08. The number of pyridine rings is 2. The number of rotatable bonds is 2. The zero-order valence-corrected chi connectivity index (χ0v) is 9.08. The molecule has 3 heteroatoms. The van der Waals surface area contributed by atoms with Crippen LogP contribution in [0, 0.1) is 0 Å². The maximum absolute atomic E-state index is 5.71. The van der Waals surface area contributed by atoms with Gasteiger partial charge in [0.25, 0.3) is 0 Å². The number of fused-ring (bicyclic) bond motifs is 1. The van der Waals surface area contributed by atoms with E-state index in [0.29, 0.717) is 0 Å². The molecule has 0 aliphatic rings. The first-order chi connectivity index (χ1) is 8.42. The highest BCUT2D eigenvalue weighted by Crippen LogP contribution is 2.23. The number of hydrogen-bond donors (Lipinski definition) is 0. The summed E-state index contributed by atoms with van der Waals surface area (Å²) >= 11 is 0. The highest BCUT2D eigenvalue weighted by atomic mass is 16.5. The van der Waals surface area contributed by atoms with Gasteiger partial charge in [-0.3, -0.25) is 9.97 Å². The Labute approximate surface area is 98.7 Å². The van der Waals surface area contributed by atoms with Crippen LogP contribution in [0.4, 0.5) is 0 Å². The normalized spacial score (nSPS) is 10.4. The molecule has 82 valence electrons. The Morgan fingerprint density at radius 1 is 0.824 bits per heavy atom. The molecule has 0 spiro atoms. The molecule has 3 rings (SSSR count). The molecule has 1 aromatic carbocycles. The fourth-order valence-electron chi connectivity index (χ4n) is 1.65. The molecule has 0 bridgehead atoms. The van der Waals surface area contributed by atoms with Crippen LogP contribution in [0.5, 0.6) is 11.5 Å². The largest absolute Gasteiger partial charge is 0.457 e. The maximum atomic E-state index is 5.71. The lowest BCUT2D eigenvalue weighted by Crippen LogP contribution is -1.85. The van der Waals surface area contributed by atoms with Gasteiger partial charge in [0.2, 0.25) is 0 Å². The van der Waals surface area contributed by atoms with E-state index in [1.54, 1.807) is 18.6 Å². The van der Waals surface area contributed by atoms with Gasteiger partial charge in [0.1, 0.15) is 11.5 Å². The lowest BCUT2D eigenvalue weighted by Gasteiger charge is -2.05. The van der Waals surface area contributed by atoms with E-state index in [1.165, 1.54) is 0 Å². The third-order valence-corrected chi connectivity index (χ3v) is 2.46. The predicted octanol–water partition coefficient (Wildman–Crippen LogP) is 3.42. The van der Waals surface area contributed by atoms with E-state index in [4.69, 9.17) is 4.74 Å². The fourth-order valence-corrected chi connectivity index (χ4v) is 1.65. The molecule has 0 aliphatic carbocycles. The van der Waals surface area contributed by atoms with Gasteiger partial charge in [0, 0.05) is 30.0 Å². The summed E-state index contributed by atoms with van der Waals surface area (Å²) in [6.45, 7) is 0. The van der Waals surface area contributed by atoms with E-state index < -0.39 is 0 Å². The van der Waals surface area contributed by atoms with E-state index in [0.717, 1.165) is 22.4 Å². The lowest BCUT2D eigenvalue weighted by molar-refractivity contribution is 0.482. The van der Waals surface area contributed by atoms with Gasteiger partial charge in [0.05, 0.1) is 5.52 Å². The van der Waals surface area contributed by atoms with Crippen LogP contribution < -0.4 is 4.74 Å². The van der Waals surface area contributed by atoms with E-state index in [1.807, 2.05) is 42.5 Å². The van der Waals surface area contributed by atoms with Crippen molar-refractivity contribution in [2.45, 2.75) is 0 Å². The van der Waals surface area contributed by atoms with Gasteiger partial charge in [0.15, 0.2) is 0 Å². The first kappa shape index (κ1) is 9.78. The average Bonchev–Trinajstić information content (AvgIpc) is 2.40. The minimum atomic E-state index is 0.773. The van der Waals surface area contributed by atoms with Gasteiger partial charge < -0.3 is 4.74 Å². The summed E-state index contributed by atoms with van der Waals surface area (Å²) in [4.78, 5) is 8.24. The molecule has 3 nitrogen and oxygen atoms in total. The fraction of sp³-hybridized carbons (Fsp3) is 0. The van der Waals surface area contributed by atoms with Crippen molar-refractivity contribution < 1.29 is 4.74 Å². The molecule has 0 radical (unpaired) electrons. The quantitative estimate of drug-likeness (QED) is 0.666. The monoisotopic (exact) mass is 222 g/mol. The molecule has 0 saturated heterocycles. The Kier molecular flexibility index (Phi) is 2.43. The molecule has 0 saturated carbocycles. The second-order valence-corrected chi connectivity index (χ2v) is 3.64. The third kappa shape index (κ3) is 2.08. The Hall–Kier alpha value is -2.42. The van der Waals surface area contributed by atoms with E-state index in [-0.39, 0.29) is 0 Å². The average molecular weight is 222 g/mol. The van der Waals surface area contributed by atoms with Crippen molar-refractivity contribution in [2.24, 2.45) is 0 Å². The Morgan fingerprint density at radius 2 is 1.71 bits per heavy atom. The zero-order chi connectivity index (χ0) is 11.5. The minimum absolute atomic E-state index is 0.773. The van der Waals surface area contributed by atoms with Gasteiger partial charge in [-0.15, -0.1) is 0 Å². The summed E-state index contributed by atoms with van der Waals surface area (Å²) < 4.78 is 5.71. The molecule has 0 fully saturated rings. The van der Waals surface area contributed by atoms with Crippen molar-refractivity contribution in [2.75, 3.05) is 0 Å². The lowest BCUT2D eigenvalue weighted by atomic mass is 10.2. The number of ether oxygens (including phenoxy) is 1. The van der Waals surface area contributed by atoms with Gasteiger partial charge >= 0.3 is 0 Å². The van der Waals surface area contributed by atoms with Crippen LogP contribution in [0.25, 0.3) is 10.9 Å². The smallest absolute Gasteiger partial charge is 0.130 e. The topological polar surface area (TPSA) is 35.0 Å². The minimum Gasteiger partial charge on any atom is -0.457 e. The van der Waals surface area contributed by atoms with Crippen molar-refractivity contribution >= 4 is 10.9 Å². The molecule has 0 amide bonds. The van der Waals surface area contributed by atoms with Crippen LogP contribution in [-0.2, 0) is 0 Å². The van der Waals surface area contributed by atoms with Crippen LogP contribution >= 0.6 is 0 Å². The Bertz CT molecular complexity index is 638.